The van der Waals surface area contributed by atoms with Crippen LogP contribution in [-0.4, -0.2) is 88.1 Å². The molecule has 35 heavy (non-hydrogen) atoms. The van der Waals surface area contributed by atoms with Crippen molar-refractivity contribution >= 4 is 17.7 Å². The van der Waals surface area contributed by atoms with Gasteiger partial charge in [-0.2, -0.15) is 0 Å². The number of rotatable bonds is 5. The maximum Gasteiger partial charge on any atom is 0.249 e. The standard InChI is InChI=1S/C27H33N3O5/c1-17(2)19(16-31)30-23-26(34)29(15-18-9-5-4-6-10-18)14-8-12-27(23)22(25(30)33)21-20(35-27)11-7-13-28(3)24(21)32/h4-12,17,19-23,31H,13-16H2,1-3H3/t19-,20-,21+,22-,23?,27-/m0/s1. The Morgan fingerprint density at radius 2 is 1.80 bits per heavy atom. The number of hydrogen-bond acceptors (Lipinski definition) is 5. The Hall–Kier alpha value is -2.97. The van der Waals surface area contributed by atoms with E-state index in [1.54, 1.807) is 16.8 Å². The van der Waals surface area contributed by atoms with E-state index in [1.807, 2.05) is 68.5 Å². The number of aliphatic hydroxyl groups is 1. The Kier molecular flexibility index (Phi) is 6.05. The topological polar surface area (TPSA) is 90.4 Å². The molecule has 1 unspecified atom stereocenters. The van der Waals surface area contributed by atoms with E-state index in [4.69, 9.17) is 4.74 Å². The zero-order chi connectivity index (χ0) is 24.9. The first-order valence-corrected chi connectivity index (χ1v) is 12.3. The van der Waals surface area contributed by atoms with Gasteiger partial charge in [-0.1, -0.05) is 68.5 Å². The zero-order valence-electron chi connectivity index (χ0n) is 20.4. The molecule has 1 aromatic carbocycles. The first-order chi connectivity index (χ1) is 16.8. The first kappa shape index (κ1) is 23.8. The molecular formula is C27H33N3O5. The van der Waals surface area contributed by atoms with Crippen molar-refractivity contribution in [3.63, 3.8) is 0 Å². The summed E-state index contributed by atoms with van der Waals surface area (Å²) in [5.41, 5.74) is -0.285. The molecule has 1 aromatic rings. The number of benzene rings is 1. The van der Waals surface area contributed by atoms with Gasteiger partial charge in [0.25, 0.3) is 0 Å². The molecule has 0 bridgehead atoms. The number of aliphatic hydroxyl groups excluding tert-OH is 1. The van der Waals surface area contributed by atoms with Crippen LogP contribution >= 0.6 is 0 Å². The predicted molar refractivity (Wildman–Crippen MR) is 129 cm³/mol. The average molecular weight is 480 g/mol. The molecule has 2 fully saturated rings. The Bertz CT molecular complexity index is 1070. The summed E-state index contributed by atoms with van der Waals surface area (Å²) in [6.07, 6.45) is 6.87. The number of carbonyl (C=O) groups is 3. The van der Waals surface area contributed by atoms with Crippen molar-refractivity contribution in [3.05, 3.63) is 60.2 Å². The molecule has 8 nitrogen and oxygen atoms in total. The first-order valence-electron chi connectivity index (χ1n) is 12.3. The Morgan fingerprint density at radius 1 is 1.06 bits per heavy atom. The quantitative estimate of drug-likeness (QED) is 0.642. The lowest BCUT2D eigenvalue weighted by Crippen LogP contribution is -2.59. The van der Waals surface area contributed by atoms with Crippen molar-refractivity contribution in [2.24, 2.45) is 17.8 Å². The number of ether oxygens (including phenoxy) is 1. The van der Waals surface area contributed by atoms with E-state index < -0.39 is 35.6 Å². The Balaban J connectivity index is 1.61. The minimum atomic E-state index is -1.27. The van der Waals surface area contributed by atoms with Gasteiger partial charge >= 0.3 is 0 Å². The van der Waals surface area contributed by atoms with Crippen LogP contribution in [0.4, 0.5) is 0 Å². The molecule has 5 rings (SSSR count). The SMILES string of the molecule is CC(C)[C@H](CO)N1C(=O)[C@@H]2[C@@H]3C(=O)N(C)CC=C[C@@H]3O[C@@]23C=CCN(Cc2ccccc2)C(=O)C13. The van der Waals surface area contributed by atoms with Crippen molar-refractivity contribution in [1.29, 1.82) is 0 Å². The fourth-order valence-electron chi connectivity index (χ4n) is 6.17. The van der Waals surface area contributed by atoms with Gasteiger partial charge in [-0.05, 0) is 11.5 Å². The lowest BCUT2D eigenvalue weighted by atomic mass is 9.77. The number of fused-ring (bicyclic) bond motifs is 2. The second kappa shape index (κ2) is 8.91. The van der Waals surface area contributed by atoms with E-state index in [0.717, 1.165) is 5.56 Å². The third-order valence-corrected chi connectivity index (χ3v) is 7.91. The van der Waals surface area contributed by atoms with Crippen LogP contribution in [0.15, 0.2) is 54.6 Å². The van der Waals surface area contributed by atoms with Crippen LogP contribution in [0.5, 0.6) is 0 Å². The van der Waals surface area contributed by atoms with Gasteiger partial charge in [0.1, 0.15) is 11.6 Å². The largest absolute Gasteiger partial charge is 0.394 e. The zero-order valence-corrected chi connectivity index (χ0v) is 20.4. The van der Waals surface area contributed by atoms with Crippen LogP contribution in [0.1, 0.15) is 19.4 Å². The summed E-state index contributed by atoms with van der Waals surface area (Å²) < 4.78 is 6.59. The van der Waals surface area contributed by atoms with Crippen LogP contribution in [0.2, 0.25) is 0 Å². The summed E-state index contributed by atoms with van der Waals surface area (Å²) in [6, 6.07) is 8.19. The molecular weight excluding hydrogens is 446 g/mol. The Labute approximate surface area is 205 Å². The summed E-state index contributed by atoms with van der Waals surface area (Å²) in [5, 5.41) is 10.3. The lowest BCUT2D eigenvalue weighted by molar-refractivity contribution is -0.152. The number of amides is 3. The second-order valence-electron chi connectivity index (χ2n) is 10.3. The minimum Gasteiger partial charge on any atom is -0.394 e. The third-order valence-electron chi connectivity index (χ3n) is 7.91. The van der Waals surface area contributed by atoms with Crippen molar-refractivity contribution in [1.82, 2.24) is 14.7 Å². The number of carbonyl (C=O) groups excluding carboxylic acids is 3. The molecule has 2 saturated heterocycles. The van der Waals surface area contributed by atoms with E-state index in [-0.39, 0.29) is 30.2 Å². The molecule has 0 aliphatic carbocycles. The van der Waals surface area contributed by atoms with Crippen LogP contribution in [-0.2, 0) is 25.7 Å². The number of hydrogen-bond donors (Lipinski definition) is 1. The summed E-state index contributed by atoms with van der Waals surface area (Å²) >= 11 is 0. The highest BCUT2D eigenvalue weighted by molar-refractivity contribution is 6.00. The summed E-state index contributed by atoms with van der Waals surface area (Å²) in [4.78, 5) is 46.6. The molecule has 1 N–H and O–H groups in total. The number of nitrogens with zero attached hydrogens (tertiary/aromatic N) is 3. The molecule has 0 aromatic heterocycles. The normalized spacial score (nSPS) is 33.1. The number of likely N-dealkylation sites (tertiary alicyclic amines) is 1. The smallest absolute Gasteiger partial charge is 0.249 e. The third kappa shape index (κ3) is 3.62. The summed E-state index contributed by atoms with van der Waals surface area (Å²) in [7, 11) is 1.72. The van der Waals surface area contributed by atoms with Gasteiger partial charge in [0.2, 0.25) is 17.7 Å². The van der Waals surface area contributed by atoms with Gasteiger partial charge in [-0.3, -0.25) is 14.4 Å². The fourth-order valence-corrected chi connectivity index (χ4v) is 6.17. The van der Waals surface area contributed by atoms with E-state index in [2.05, 4.69) is 0 Å². The lowest BCUT2D eigenvalue weighted by Gasteiger charge is -2.39. The second-order valence-corrected chi connectivity index (χ2v) is 10.3. The van der Waals surface area contributed by atoms with E-state index in [1.165, 1.54) is 4.90 Å². The molecule has 0 radical (unpaired) electrons. The van der Waals surface area contributed by atoms with Gasteiger partial charge in [0, 0.05) is 26.7 Å². The molecule has 6 atom stereocenters. The summed E-state index contributed by atoms with van der Waals surface area (Å²) in [6.45, 7) is 4.77. The van der Waals surface area contributed by atoms with Crippen molar-refractivity contribution in [3.8, 4) is 0 Å². The van der Waals surface area contributed by atoms with Crippen LogP contribution < -0.4 is 0 Å². The van der Waals surface area contributed by atoms with Crippen LogP contribution in [0.3, 0.4) is 0 Å². The molecule has 3 amide bonds. The number of likely N-dealkylation sites (N-methyl/N-ethyl adjacent to an activating group) is 1. The van der Waals surface area contributed by atoms with E-state index >= 15 is 0 Å². The van der Waals surface area contributed by atoms with Gasteiger partial charge in [0.05, 0.1) is 30.6 Å². The van der Waals surface area contributed by atoms with E-state index in [9.17, 15) is 19.5 Å². The van der Waals surface area contributed by atoms with Crippen molar-refractivity contribution in [2.45, 2.75) is 44.2 Å². The maximum atomic E-state index is 14.2. The molecule has 4 heterocycles. The molecule has 8 heteroatoms. The molecule has 4 aliphatic rings. The van der Waals surface area contributed by atoms with Gasteiger partial charge in [0.15, 0.2) is 0 Å². The van der Waals surface area contributed by atoms with Gasteiger partial charge < -0.3 is 24.5 Å². The highest BCUT2D eigenvalue weighted by Crippen LogP contribution is 2.54. The summed E-state index contributed by atoms with van der Waals surface area (Å²) in [5.74, 6) is -2.33. The van der Waals surface area contributed by atoms with Gasteiger partial charge in [-0.25, -0.2) is 0 Å². The highest BCUT2D eigenvalue weighted by atomic mass is 16.5. The minimum absolute atomic E-state index is 0.0920. The molecule has 4 aliphatic heterocycles. The maximum absolute atomic E-state index is 14.2. The van der Waals surface area contributed by atoms with Crippen molar-refractivity contribution < 1.29 is 24.2 Å². The van der Waals surface area contributed by atoms with E-state index in [0.29, 0.717) is 19.6 Å². The molecule has 186 valence electrons. The molecule has 1 spiro atoms. The van der Waals surface area contributed by atoms with Gasteiger partial charge in [-0.15, -0.1) is 0 Å². The predicted octanol–water partition coefficient (Wildman–Crippen LogP) is 1.21. The van der Waals surface area contributed by atoms with Crippen LogP contribution in [0.25, 0.3) is 0 Å². The fraction of sp³-hybridized carbons (Fsp3) is 0.519. The monoisotopic (exact) mass is 479 g/mol. The van der Waals surface area contributed by atoms with Crippen LogP contribution in [0, 0.1) is 17.8 Å². The Morgan fingerprint density at radius 3 is 2.49 bits per heavy atom. The molecule has 0 saturated carbocycles. The van der Waals surface area contributed by atoms with Crippen molar-refractivity contribution in [2.75, 3.05) is 26.7 Å². The average Bonchev–Trinajstić information content (AvgIpc) is 3.16. The highest BCUT2D eigenvalue weighted by Gasteiger charge is 2.72.